The van der Waals surface area contributed by atoms with Gasteiger partial charge in [0.2, 0.25) is 11.8 Å². The molecule has 0 aliphatic heterocycles. The molecule has 0 bridgehead atoms. The molecule has 0 radical (unpaired) electrons. The van der Waals surface area contributed by atoms with Crippen molar-refractivity contribution in [3.05, 3.63) is 72.8 Å². The Balaban J connectivity index is 1.65. The van der Waals surface area contributed by atoms with Crippen LogP contribution in [0.1, 0.15) is 13.8 Å². The highest BCUT2D eigenvalue weighted by atomic mass is 16.5. The zero-order valence-electron chi connectivity index (χ0n) is 15.6. The van der Waals surface area contributed by atoms with Crippen molar-refractivity contribution in [3.63, 3.8) is 0 Å². The van der Waals surface area contributed by atoms with Crippen LogP contribution in [0.25, 0.3) is 0 Å². The quantitative estimate of drug-likeness (QED) is 0.621. The van der Waals surface area contributed by atoms with Gasteiger partial charge in [0, 0.05) is 31.3 Å². The summed E-state index contributed by atoms with van der Waals surface area (Å²) in [6.45, 7) is 2.92. The maximum absolute atomic E-state index is 11.1. The summed E-state index contributed by atoms with van der Waals surface area (Å²) in [5.41, 5.74) is 1.42. The summed E-state index contributed by atoms with van der Waals surface area (Å²) in [5, 5.41) is 5.42. The number of rotatable bonds is 6. The Bertz CT molecular complexity index is 890. The summed E-state index contributed by atoms with van der Waals surface area (Å²) >= 11 is 0. The van der Waals surface area contributed by atoms with E-state index in [4.69, 9.17) is 9.47 Å². The van der Waals surface area contributed by atoms with Crippen LogP contribution in [-0.2, 0) is 9.59 Å². The third kappa shape index (κ3) is 5.60. The molecule has 0 aliphatic carbocycles. The first-order valence-electron chi connectivity index (χ1n) is 8.69. The summed E-state index contributed by atoms with van der Waals surface area (Å²) in [5.74, 6) is 2.29. The lowest BCUT2D eigenvalue weighted by Gasteiger charge is -2.10. The van der Waals surface area contributed by atoms with Crippen LogP contribution in [-0.4, -0.2) is 11.8 Å². The molecule has 0 aromatic heterocycles. The Labute approximate surface area is 163 Å². The summed E-state index contributed by atoms with van der Waals surface area (Å²) in [7, 11) is 0. The summed E-state index contributed by atoms with van der Waals surface area (Å²) in [6, 6.07) is 21.5. The van der Waals surface area contributed by atoms with Gasteiger partial charge < -0.3 is 20.1 Å². The van der Waals surface area contributed by atoms with Gasteiger partial charge in [0.25, 0.3) is 0 Å². The number of nitrogens with one attached hydrogen (secondary N) is 2. The first-order valence-corrected chi connectivity index (χ1v) is 8.69. The molecule has 0 saturated carbocycles. The second-order valence-electron chi connectivity index (χ2n) is 6.09. The molecular formula is C22H20N2O4. The van der Waals surface area contributed by atoms with Gasteiger partial charge in [-0.2, -0.15) is 0 Å². The number of carbonyl (C=O) groups excluding carboxylic acids is 2. The number of amides is 2. The van der Waals surface area contributed by atoms with Gasteiger partial charge in [0.05, 0.1) is 0 Å². The molecule has 6 nitrogen and oxygen atoms in total. The van der Waals surface area contributed by atoms with Crippen LogP contribution in [0, 0.1) is 0 Å². The molecule has 0 spiro atoms. The summed E-state index contributed by atoms with van der Waals surface area (Å²) in [4.78, 5) is 22.1. The predicted octanol–water partition coefficient (Wildman–Crippen LogP) is 5.19. The molecule has 6 heteroatoms. The van der Waals surface area contributed by atoms with Gasteiger partial charge in [0.15, 0.2) is 0 Å². The third-order valence-electron chi connectivity index (χ3n) is 3.63. The van der Waals surface area contributed by atoms with E-state index in [-0.39, 0.29) is 11.8 Å². The average Bonchev–Trinajstić information content (AvgIpc) is 2.64. The van der Waals surface area contributed by atoms with Crippen LogP contribution in [0.2, 0.25) is 0 Å². The lowest BCUT2D eigenvalue weighted by atomic mass is 10.3. The van der Waals surface area contributed by atoms with Crippen molar-refractivity contribution in [1.82, 2.24) is 0 Å². The van der Waals surface area contributed by atoms with Crippen molar-refractivity contribution >= 4 is 23.2 Å². The zero-order valence-corrected chi connectivity index (χ0v) is 15.6. The van der Waals surface area contributed by atoms with Crippen LogP contribution >= 0.6 is 0 Å². The second-order valence-corrected chi connectivity index (χ2v) is 6.09. The first-order chi connectivity index (χ1) is 13.5. The molecule has 0 unspecified atom stereocenters. The van der Waals surface area contributed by atoms with Crippen LogP contribution < -0.4 is 20.1 Å². The van der Waals surface area contributed by atoms with Gasteiger partial charge in [-0.05, 0) is 60.7 Å². The van der Waals surface area contributed by atoms with E-state index in [2.05, 4.69) is 10.6 Å². The van der Waals surface area contributed by atoms with Crippen molar-refractivity contribution < 1.29 is 19.1 Å². The Morgan fingerprint density at radius 2 is 1.00 bits per heavy atom. The van der Waals surface area contributed by atoms with Crippen molar-refractivity contribution in [1.29, 1.82) is 0 Å². The number of hydrogen-bond donors (Lipinski definition) is 2. The molecule has 2 N–H and O–H groups in total. The monoisotopic (exact) mass is 376 g/mol. The maximum Gasteiger partial charge on any atom is 0.221 e. The SMILES string of the molecule is CC(=O)Nc1ccc(Oc2cccc(Oc3ccc(NC(C)=O)cc3)c2)cc1. The van der Waals surface area contributed by atoms with Gasteiger partial charge in [0.1, 0.15) is 23.0 Å². The Morgan fingerprint density at radius 1 is 0.607 bits per heavy atom. The highest BCUT2D eigenvalue weighted by molar-refractivity contribution is 5.89. The molecule has 142 valence electrons. The van der Waals surface area contributed by atoms with Crippen LogP contribution in [0.15, 0.2) is 72.8 Å². The Morgan fingerprint density at radius 3 is 1.36 bits per heavy atom. The molecule has 3 aromatic carbocycles. The van der Waals surface area contributed by atoms with Gasteiger partial charge in [-0.25, -0.2) is 0 Å². The van der Waals surface area contributed by atoms with E-state index in [1.165, 1.54) is 13.8 Å². The first kappa shape index (κ1) is 19.0. The van der Waals surface area contributed by atoms with Crippen molar-refractivity contribution in [2.24, 2.45) is 0 Å². The fraction of sp³-hybridized carbons (Fsp3) is 0.0909. The molecular weight excluding hydrogens is 356 g/mol. The predicted molar refractivity (Wildman–Crippen MR) is 108 cm³/mol. The summed E-state index contributed by atoms with van der Waals surface area (Å²) in [6.07, 6.45) is 0. The molecule has 0 saturated heterocycles. The van der Waals surface area contributed by atoms with E-state index in [1.807, 2.05) is 18.2 Å². The van der Waals surface area contributed by atoms with Crippen molar-refractivity contribution in [3.8, 4) is 23.0 Å². The molecule has 2 amide bonds. The summed E-state index contributed by atoms with van der Waals surface area (Å²) < 4.78 is 11.7. The maximum atomic E-state index is 11.1. The van der Waals surface area contributed by atoms with E-state index >= 15 is 0 Å². The second kappa shape index (κ2) is 8.73. The molecule has 0 aliphatic rings. The molecule has 3 aromatic rings. The van der Waals surface area contributed by atoms with Crippen LogP contribution in [0.3, 0.4) is 0 Å². The molecule has 28 heavy (non-hydrogen) atoms. The number of carbonyl (C=O) groups is 2. The average molecular weight is 376 g/mol. The molecule has 0 heterocycles. The number of ether oxygens (including phenoxy) is 2. The zero-order chi connectivity index (χ0) is 19.9. The van der Waals surface area contributed by atoms with Gasteiger partial charge in [-0.1, -0.05) is 6.07 Å². The Hall–Kier alpha value is -3.80. The Kier molecular flexibility index (Phi) is 5.91. The van der Waals surface area contributed by atoms with E-state index in [0.29, 0.717) is 34.4 Å². The fourth-order valence-electron chi connectivity index (χ4n) is 2.49. The number of hydrogen-bond acceptors (Lipinski definition) is 4. The lowest BCUT2D eigenvalue weighted by molar-refractivity contribution is -0.115. The molecule has 0 atom stereocenters. The van der Waals surface area contributed by atoms with E-state index in [1.54, 1.807) is 54.6 Å². The van der Waals surface area contributed by atoms with Crippen LogP contribution in [0.4, 0.5) is 11.4 Å². The van der Waals surface area contributed by atoms with Gasteiger partial charge in [-0.15, -0.1) is 0 Å². The fourth-order valence-corrected chi connectivity index (χ4v) is 2.49. The van der Waals surface area contributed by atoms with Crippen molar-refractivity contribution in [2.45, 2.75) is 13.8 Å². The topological polar surface area (TPSA) is 76.7 Å². The minimum Gasteiger partial charge on any atom is -0.457 e. The molecule has 3 rings (SSSR count). The van der Waals surface area contributed by atoms with E-state index < -0.39 is 0 Å². The molecule has 0 fully saturated rings. The van der Waals surface area contributed by atoms with Crippen LogP contribution in [0.5, 0.6) is 23.0 Å². The van der Waals surface area contributed by atoms with Crippen molar-refractivity contribution in [2.75, 3.05) is 10.6 Å². The third-order valence-corrected chi connectivity index (χ3v) is 3.63. The number of anilines is 2. The largest absolute Gasteiger partial charge is 0.457 e. The lowest BCUT2D eigenvalue weighted by Crippen LogP contribution is -2.05. The van der Waals surface area contributed by atoms with Gasteiger partial charge in [-0.3, -0.25) is 9.59 Å². The van der Waals surface area contributed by atoms with Gasteiger partial charge >= 0.3 is 0 Å². The van der Waals surface area contributed by atoms with E-state index in [0.717, 1.165) is 0 Å². The minimum atomic E-state index is -0.122. The normalized spacial score (nSPS) is 10.1. The minimum absolute atomic E-state index is 0.122. The highest BCUT2D eigenvalue weighted by Gasteiger charge is 2.03. The smallest absolute Gasteiger partial charge is 0.221 e. The highest BCUT2D eigenvalue weighted by Crippen LogP contribution is 2.29. The van der Waals surface area contributed by atoms with E-state index in [9.17, 15) is 9.59 Å². The number of benzene rings is 3. The standard InChI is InChI=1S/C22H20N2O4/c1-15(25)23-17-6-10-19(11-7-17)27-21-4-3-5-22(14-21)28-20-12-8-18(9-13-20)24-16(2)26/h3-14H,1-2H3,(H,23,25)(H,24,26).